The number of hydrogen-bond acceptors (Lipinski definition) is 2. The van der Waals surface area contributed by atoms with Crippen LogP contribution in [-0.4, -0.2) is 11.0 Å². The van der Waals surface area contributed by atoms with Crippen molar-refractivity contribution in [3.63, 3.8) is 0 Å². The Bertz CT molecular complexity index is 1090. The lowest BCUT2D eigenvalue weighted by Gasteiger charge is -2.18. The Morgan fingerprint density at radius 3 is 2.34 bits per heavy atom. The smallest absolute Gasteiger partial charge is 0.416 e. The zero-order valence-electron chi connectivity index (χ0n) is 15.6. The molecule has 7 heteroatoms. The monoisotopic (exact) mass is 419 g/mol. The summed E-state index contributed by atoms with van der Waals surface area (Å²) in [7, 11) is 0. The Morgan fingerprint density at radius 1 is 1.00 bits per heavy atom. The van der Waals surface area contributed by atoms with E-state index in [0.29, 0.717) is 16.7 Å². The van der Waals surface area contributed by atoms with Gasteiger partial charge in [0.15, 0.2) is 0 Å². The Labute approximate surface area is 170 Å². The maximum absolute atomic E-state index is 13.5. The number of rotatable bonds is 3. The molecule has 0 heterocycles. The van der Waals surface area contributed by atoms with Gasteiger partial charge < -0.3 is 10.4 Å². The van der Waals surface area contributed by atoms with E-state index in [2.05, 4.69) is 5.32 Å². The second kappa shape index (κ2) is 7.79. The molecule has 150 valence electrons. The van der Waals surface area contributed by atoms with E-state index < -0.39 is 17.6 Å². The molecule has 0 aromatic heterocycles. The van der Waals surface area contributed by atoms with E-state index in [-0.39, 0.29) is 22.0 Å². The maximum atomic E-state index is 13.5. The number of nitrogens with one attached hydrogen (secondary N) is 1. The molecule has 3 aromatic carbocycles. The molecule has 0 saturated carbocycles. The molecule has 0 fully saturated rings. The molecule has 0 aliphatic rings. The van der Waals surface area contributed by atoms with Gasteiger partial charge in [-0.05, 0) is 66.4 Å². The van der Waals surface area contributed by atoms with Crippen molar-refractivity contribution in [2.45, 2.75) is 20.0 Å². The summed E-state index contributed by atoms with van der Waals surface area (Å²) in [5, 5.41) is 12.6. The van der Waals surface area contributed by atoms with Crippen LogP contribution in [0.3, 0.4) is 0 Å². The topological polar surface area (TPSA) is 49.3 Å². The van der Waals surface area contributed by atoms with Crippen LogP contribution in [-0.2, 0) is 6.18 Å². The molecular formula is C22H17ClF3NO2. The second-order valence-electron chi connectivity index (χ2n) is 6.62. The molecule has 0 radical (unpaired) electrons. The molecule has 0 atom stereocenters. The predicted molar refractivity (Wildman–Crippen MR) is 107 cm³/mol. The number of amides is 1. The first kappa shape index (κ1) is 20.7. The Balaban J connectivity index is 2.13. The molecule has 1 amide bonds. The number of alkyl halides is 3. The number of aryl methyl sites for hydroxylation is 1. The van der Waals surface area contributed by atoms with Crippen molar-refractivity contribution in [3.05, 3.63) is 81.9 Å². The number of hydrogen-bond donors (Lipinski definition) is 2. The van der Waals surface area contributed by atoms with Gasteiger partial charge in [-0.3, -0.25) is 4.79 Å². The Kier molecular flexibility index (Phi) is 5.57. The molecule has 3 nitrogen and oxygen atoms in total. The lowest BCUT2D eigenvalue weighted by molar-refractivity contribution is -0.137. The summed E-state index contributed by atoms with van der Waals surface area (Å²) in [4.78, 5) is 12.6. The highest BCUT2D eigenvalue weighted by atomic mass is 35.5. The third-order valence-corrected chi connectivity index (χ3v) is 4.86. The fourth-order valence-corrected chi connectivity index (χ4v) is 3.21. The van der Waals surface area contributed by atoms with Crippen LogP contribution in [0.4, 0.5) is 18.9 Å². The summed E-state index contributed by atoms with van der Waals surface area (Å²) in [5.74, 6) is -1.08. The third kappa shape index (κ3) is 4.38. The van der Waals surface area contributed by atoms with Crippen molar-refractivity contribution in [1.82, 2.24) is 0 Å². The number of anilines is 1. The predicted octanol–water partition coefficient (Wildman–Crippen LogP) is 6.60. The van der Waals surface area contributed by atoms with Crippen LogP contribution < -0.4 is 5.32 Å². The molecule has 0 spiro atoms. The van der Waals surface area contributed by atoms with Gasteiger partial charge in [-0.25, -0.2) is 0 Å². The van der Waals surface area contributed by atoms with E-state index in [1.165, 1.54) is 18.2 Å². The lowest BCUT2D eigenvalue weighted by atomic mass is 9.93. The first-order valence-electron chi connectivity index (χ1n) is 8.65. The molecule has 2 N–H and O–H groups in total. The average Bonchev–Trinajstić information content (AvgIpc) is 2.65. The number of benzene rings is 3. The second-order valence-corrected chi connectivity index (χ2v) is 7.06. The standard InChI is InChI=1S/C22H17ClF3NO2/c1-12-5-3-4-6-16(12)17-9-14(22(24,25)26)10-19(13(17)2)27-21(29)18-11-15(23)7-8-20(18)28/h3-11,28H,1-2H3,(H,27,29). The van der Waals surface area contributed by atoms with Gasteiger partial charge >= 0.3 is 6.18 Å². The van der Waals surface area contributed by atoms with Crippen LogP contribution in [0, 0.1) is 13.8 Å². The summed E-state index contributed by atoms with van der Waals surface area (Å²) in [6, 6.07) is 12.9. The largest absolute Gasteiger partial charge is 0.507 e. The van der Waals surface area contributed by atoms with E-state index >= 15 is 0 Å². The summed E-state index contributed by atoms with van der Waals surface area (Å²) in [6.45, 7) is 3.44. The number of carbonyl (C=O) groups is 1. The summed E-state index contributed by atoms with van der Waals surface area (Å²) in [6.07, 6.45) is -4.59. The van der Waals surface area contributed by atoms with Crippen LogP contribution in [0.15, 0.2) is 54.6 Å². The van der Waals surface area contributed by atoms with Gasteiger partial charge in [-0.2, -0.15) is 13.2 Å². The van der Waals surface area contributed by atoms with Gasteiger partial charge in [-0.15, -0.1) is 0 Å². The van der Waals surface area contributed by atoms with Crippen molar-refractivity contribution in [1.29, 1.82) is 0 Å². The number of phenolic OH excluding ortho intramolecular Hbond substituents is 1. The minimum Gasteiger partial charge on any atom is -0.507 e. The summed E-state index contributed by atoms with van der Waals surface area (Å²) in [5.41, 5.74) is 1.27. The summed E-state index contributed by atoms with van der Waals surface area (Å²) >= 11 is 5.86. The molecule has 0 bridgehead atoms. The van der Waals surface area contributed by atoms with Crippen LogP contribution in [0.2, 0.25) is 5.02 Å². The van der Waals surface area contributed by atoms with Crippen LogP contribution in [0.25, 0.3) is 11.1 Å². The number of phenols is 1. The first-order valence-corrected chi connectivity index (χ1v) is 9.03. The van der Waals surface area contributed by atoms with Gasteiger partial charge in [0.25, 0.3) is 5.91 Å². The van der Waals surface area contributed by atoms with Gasteiger partial charge in [0.2, 0.25) is 0 Å². The van der Waals surface area contributed by atoms with Gasteiger partial charge in [0.1, 0.15) is 5.75 Å². The van der Waals surface area contributed by atoms with Crippen molar-refractivity contribution in [2.75, 3.05) is 5.32 Å². The van der Waals surface area contributed by atoms with Crippen molar-refractivity contribution in [3.8, 4) is 16.9 Å². The number of carbonyl (C=O) groups excluding carboxylic acids is 1. The minimum atomic E-state index is -4.59. The normalized spacial score (nSPS) is 11.4. The average molecular weight is 420 g/mol. The molecule has 3 rings (SSSR count). The number of aromatic hydroxyl groups is 1. The molecule has 0 aliphatic heterocycles. The third-order valence-electron chi connectivity index (χ3n) is 4.62. The fourth-order valence-electron chi connectivity index (χ4n) is 3.04. The Hall–Kier alpha value is -2.99. The van der Waals surface area contributed by atoms with Crippen molar-refractivity contribution >= 4 is 23.2 Å². The van der Waals surface area contributed by atoms with Crippen molar-refractivity contribution in [2.24, 2.45) is 0 Å². The quantitative estimate of drug-likeness (QED) is 0.502. The molecular weight excluding hydrogens is 403 g/mol. The van der Waals surface area contributed by atoms with Crippen LogP contribution >= 0.6 is 11.6 Å². The Morgan fingerprint density at radius 2 is 1.69 bits per heavy atom. The van der Waals surface area contributed by atoms with E-state index in [1.807, 2.05) is 0 Å². The highest BCUT2D eigenvalue weighted by molar-refractivity contribution is 6.31. The highest BCUT2D eigenvalue weighted by Crippen LogP contribution is 2.39. The van der Waals surface area contributed by atoms with Gasteiger partial charge in [0, 0.05) is 10.7 Å². The van der Waals surface area contributed by atoms with Gasteiger partial charge in [-0.1, -0.05) is 35.9 Å². The van der Waals surface area contributed by atoms with E-state index in [0.717, 1.165) is 17.7 Å². The zero-order chi connectivity index (χ0) is 21.3. The first-order chi connectivity index (χ1) is 13.6. The van der Waals surface area contributed by atoms with Gasteiger partial charge in [0.05, 0.1) is 11.1 Å². The van der Waals surface area contributed by atoms with Crippen LogP contribution in [0.1, 0.15) is 27.0 Å². The molecule has 3 aromatic rings. The molecule has 0 saturated heterocycles. The summed E-state index contributed by atoms with van der Waals surface area (Å²) < 4.78 is 40.5. The van der Waals surface area contributed by atoms with E-state index in [9.17, 15) is 23.1 Å². The molecule has 0 unspecified atom stereocenters. The number of halogens is 4. The maximum Gasteiger partial charge on any atom is 0.416 e. The lowest BCUT2D eigenvalue weighted by Crippen LogP contribution is -2.15. The van der Waals surface area contributed by atoms with E-state index in [1.54, 1.807) is 38.1 Å². The minimum absolute atomic E-state index is 0.00227. The van der Waals surface area contributed by atoms with E-state index in [4.69, 9.17) is 11.6 Å². The zero-order valence-corrected chi connectivity index (χ0v) is 16.3. The fraction of sp³-hybridized carbons (Fsp3) is 0.136. The molecule has 29 heavy (non-hydrogen) atoms. The molecule has 0 aliphatic carbocycles. The van der Waals surface area contributed by atoms with Crippen LogP contribution in [0.5, 0.6) is 5.75 Å². The van der Waals surface area contributed by atoms with Crippen molar-refractivity contribution < 1.29 is 23.1 Å². The SMILES string of the molecule is Cc1ccccc1-c1cc(C(F)(F)F)cc(NC(=O)c2cc(Cl)ccc2O)c1C. The highest BCUT2D eigenvalue weighted by Gasteiger charge is 2.32.